The summed E-state index contributed by atoms with van der Waals surface area (Å²) in [6, 6.07) is 7.20. The predicted molar refractivity (Wildman–Crippen MR) is 103 cm³/mol. The van der Waals surface area contributed by atoms with Crippen molar-refractivity contribution in [2.75, 3.05) is 6.61 Å². The molecule has 0 N–H and O–H groups in total. The molecule has 136 valence electrons. The number of benzene rings is 1. The maximum atomic E-state index is 12.0. The second-order valence-electron chi connectivity index (χ2n) is 5.71. The first-order chi connectivity index (χ1) is 13.2. The summed E-state index contributed by atoms with van der Waals surface area (Å²) in [5.41, 5.74) is 2.94. The summed E-state index contributed by atoms with van der Waals surface area (Å²) >= 11 is 1.48. The van der Waals surface area contributed by atoms with Crippen LogP contribution in [0.4, 0.5) is 0 Å². The van der Waals surface area contributed by atoms with Crippen LogP contribution in [0.25, 0.3) is 33.4 Å². The molecule has 0 aliphatic carbocycles. The van der Waals surface area contributed by atoms with E-state index in [0.29, 0.717) is 18.0 Å². The number of hydrogen-bond donors (Lipinski definition) is 0. The molecule has 0 saturated carbocycles. The molecule has 0 fully saturated rings. The van der Waals surface area contributed by atoms with E-state index in [1.54, 1.807) is 37.5 Å². The van der Waals surface area contributed by atoms with Gasteiger partial charge in [0.05, 0.1) is 23.2 Å². The molecule has 0 aliphatic heterocycles. The summed E-state index contributed by atoms with van der Waals surface area (Å²) in [6.07, 6.45) is 3.39. The number of nitrogens with zero attached hydrogens (tertiary/aromatic N) is 5. The molecule has 7 nitrogen and oxygen atoms in total. The molecule has 0 radical (unpaired) electrons. The first-order valence-corrected chi connectivity index (χ1v) is 9.50. The molecule has 0 spiro atoms. The van der Waals surface area contributed by atoms with E-state index in [1.807, 2.05) is 11.4 Å². The number of rotatable bonds is 5. The Balaban J connectivity index is 1.77. The molecule has 0 saturated heterocycles. The monoisotopic (exact) mass is 379 g/mol. The van der Waals surface area contributed by atoms with E-state index in [4.69, 9.17) is 9.72 Å². The lowest BCUT2D eigenvalue weighted by atomic mass is 10.2. The molecular weight excluding hydrogens is 362 g/mol. The molecule has 0 atom stereocenters. The Morgan fingerprint density at radius 1 is 1.19 bits per heavy atom. The van der Waals surface area contributed by atoms with Crippen LogP contribution in [0.1, 0.15) is 24.2 Å². The fourth-order valence-corrected chi connectivity index (χ4v) is 3.62. The Kier molecular flexibility index (Phi) is 4.64. The van der Waals surface area contributed by atoms with Gasteiger partial charge in [-0.05, 0) is 38.1 Å². The average Bonchev–Trinajstić information content (AvgIpc) is 3.32. The molecule has 0 bridgehead atoms. The maximum absolute atomic E-state index is 12.0. The molecular formula is C19H17N5O2S. The van der Waals surface area contributed by atoms with Gasteiger partial charge in [-0.15, -0.1) is 11.3 Å². The van der Waals surface area contributed by atoms with Crippen LogP contribution in [0, 0.1) is 0 Å². The van der Waals surface area contributed by atoms with Crippen LogP contribution < -0.4 is 0 Å². The Hall–Kier alpha value is -3.13. The van der Waals surface area contributed by atoms with Crippen molar-refractivity contribution in [2.45, 2.75) is 20.4 Å². The molecule has 3 aromatic heterocycles. The van der Waals surface area contributed by atoms with Gasteiger partial charge >= 0.3 is 5.97 Å². The Bertz CT molecular complexity index is 1100. The highest BCUT2D eigenvalue weighted by Crippen LogP contribution is 2.29. The standard InChI is InChI=1S/C19H17N5O2S/c1-3-24-15-7-6-12(19(25)26-4-2)10-13(15)22-17(24)14-11-27-18(23-14)16-20-8-5-9-21-16/h5-11H,3-4H2,1-2H3. The molecule has 1 aromatic carbocycles. The van der Waals surface area contributed by atoms with Gasteiger partial charge in [-0.2, -0.15) is 0 Å². The second-order valence-corrected chi connectivity index (χ2v) is 6.57. The predicted octanol–water partition coefficient (Wildman–Crippen LogP) is 3.81. The number of imidazole rings is 1. The number of fused-ring (bicyclic) bond motifs is 1. The van der Waals surface area contributed by atoms with Gasteiger partial charge in [0.25, 0.3) is 0 Å². The average molecular weight is 379 g/mol. The topological polar surface area (TPSA) is 82.8 Å². The van der Waals surface area contributed by atoms with Crippen LogP contribution in [-0.4, -0.2) is 37.1 Å². The highest BCUT2D eigenvalue weighted by molar-refractivity contribution is 7.13. The van der Waals surface area contributed by atoms with Crippen LogP contribution in [-0.2, 0) is 11.3 Å². The van der Waals surface area contributed by atoms with Gasteiger partial charge in [-0.3, -0.25) is 0 Å². The van der Waals surface area contributed by atoms with Crippen LogP contribution in [0.3, 0.4) is 0 Å². The zero-order valence-electron chi connectivity index (χ0n) is 14.9. The SMILES string of the molecule is CCOC(=O)c1ccc2c(c1)nc(-c1csc(-c3ncccn3)n1)n2CC. The van der Waals surface area contributed by atoms with Crippen LogP contribution in [0.2, 0.25) is 0 Å². The lowest BCUT2D eigenvalue weighted by Crippen LogP contribution is -2.04. The van der Waals surface area contributed by atoms with Crippen molar-refractivity contribution in [3.05, 3.63) is 47.6 Å². The fourth-order valence-electron chi connectivity index (χ4n) is 2.88. The first kappa shape index (κ1) is 17.3. The molecule has 27 heavy (non-hydrogen) atoms. The Morgan fingerprint density at radius 3 is 2.74 bits per heavy atom. The highest BCUT2D eigenvalue weighted by Gasteiger charge is 2.17. The number of hydrogen-bond acceptors (Lipinski definition) is 7. The normalized spacial score (nSPS) is 11.0. The maximum Gasteiger partial charge on any atom is 0.338 e. The lowest BCUT2D eigenvalue weighted by Gasteiger charge is -2.04. The minimum Gasteiger partial charge on any atom is -0.462 e. The molecule has 0 aliphatic rings. The van der Waals surface area contributed by atoms with Crippen molar-refractivity contribution in [3.63, 3.8) is 0 Å². The third-order valence-electron chi connectivity index (χ3n) is 4.07. The Morgan fingerprint density at radius 2 is 2.00 bits per heavy atom. The van der Waals surface area contributed by atoms with Gasteiger partial charge in [0.1, 0.15) is 5.69 Å². The number of thiazole rings is 1. The van der Waals surface area contributed by atoms with Crippen LogP contribution in [0.5, 0.6) is 0 Å². The number of carbonyl (C=O) groups is 1. The number of carbonyl (C=O) groups excluding carboxylic acids is 1. The zero-order valence-corrected chi connectivity index (χ0v) is 15.7. The third kappa shape index (κ3) is 3.19. The third-order valence-corrected chi connectivity index (χ3v) is 4.90. The molecule has 4 aromatic rings. The highest BCUT2D eigenvalue weighted by atomic mass is 32.1. The number of esters is 1. The van der Waals surface area contributed by atoms with E-state index in [2.05, 4.69) is 26.4 Å². The van der Waals surface area contributed by atoms with E-state index < -0.39 is 0 Å². The molecule has 8 heteroatoms. The summed E-state index contributed by atoms with van der Waals surface area (Å²) in [4.78, 5) is 29.9. The number of aryl methyl sites for hydroxylation is 1. The minimum absolute atomic E-state index is 0.342. The van der Waals surface area contributed by atoms with Crippen LogP contribution in [0.15, 0.2) is 42.0 Å². The van der Waals surface area contributed by atoms with Gasteiger partial charge in [-0.1, -0.05) is 0 Å². The lowest BCUT2D eigenvalue weighted by molar-refractivity contribution is 0.0526. The van der Waals surface area contributed by atoms with Crippen molar-refractivity contribution >= 4 is 28.3 Å². The van der Waals surface area contributed by atoms with E-state index in [0.717, 1.165) is 34.1 Å². The van der Waals surface area contributed by atoms with Gasteiger partial charge < -0.3 is 9.30 Å². The largest absolute Gasteiger partial charge is 0.462 e. The van der Waals surface area contributed by atoms with Gasteiger partial charge in [-0.25, -0.2) is 24.7 Å². The summed E-state index contributed by atoms with van der Waals surface area (Å²) in [7, 11) is 0. The second kappa shape index (κ2) is 7.24. The fraction of sp³-hybridized carbons (Fsp3) is 0.211. The van der Waals surface area contributed by atoms with Crippen molar-refractivity contribution in [3.8, 4) is 22.4 Å². The summed E-state index contributed by atoms with van der Waals surface area (Å²) in [5.74, 6) is 1.01. The number of aromatic nitrogens is 5. The minimum atomic E-state index is -0.343. The molecule has 4 rings (SSSR count). The van der Waals surface area contributed by atoms with E-state index in [1.165, 1.54) is 11.3 Å². The molecule has 0 unspecified atom stereocenters. The van der Waals surface area contributed by atoms with E-state index in [9.17, 15) is 4.79 Å². The zero-order chi connectivity index (χ0) is 18.8. The quantitative estimate of drug-likeness (QED) is 0.490. The van der Waals surface area contributed by atoms with E-state index >= 15 is 0 Å². The summed E-state index contributed by atoms with van der Waals surface area (Å²) in [6.45, 7) is 4.92. The Labute approximate surface area is 159 Å². The number of ether oxygens (including phenoxy) is 1. The van der Waals surface area contributed by atoms with Gasteiger partial charge in [0.2, 0.25) is 0 Å². The van der Waals surface area contributed by atoms with Crippen LogP contribution >= 0.6 is 11.3 Å². The smallest absolute Gasteiger partial charge is 0.338 e. The van der Waals surface area contributed by atoms with E-state index in [-0.39, 0.29) is 5.97 Å². The van der Waals surface area contributed by atoms with Gasteiger partial charge in [0.15, 0.2) is 16.7 Å². The van der Waals surface area contributed by atoms with Crippen molar-refractivity contribution in [1.29, 1.82) is 0 Å². The molecule has 3 heterocycles. The summed E-state index contributed by atoms with van der Waals surface area (Å²) < 4.78 is 7.16. The first-order valence-electron chi connectivity index (χ1n) is 8.62. The van der Waals surface area contributed by atoms with Crippen molar-refractivity contribution in [2.24, 2.45) is 0 Å². The van der Waals surface area contributed by atoms with Crippen molar-refractivity contribution < 1.29 is 9.53 Å². The van der Waals surface area contributed by atoms with Crippen molar-refractivity contribution in [1.82, 2.24) is 24.5 Å². The molecule has 0 amide bonds. The summed E-state index contributed by atoms with van der Waals surface area (Å²) in [5, 5.41) is 2.69. The van der Waals surface area contributed by atoms with Gasteiger partial charge in [0, 0.05) is 24.3 Å².